The number of allylic oxidation sites excluding steroid dienone is 6. The Morgan fingerprint density at radius 2 is 1.54 bits per heavy atom. The number of esters is 2. The summed E-state index contributed by atoms with van der Waals surface area (Å²) in [6, 6.07) is -1.19. The number of fused-ring (bicyclic) bond motifs is 3. The van der Waals surface area contributed by atoms with Crippen molar-refractivity contribution in [3.05, 3.63) is 47.6 Å². The van der Waals surface area contributed by atoms with E-state index in [1.165, 1.54) is 12.0 Å². The summed E-state index contributed by atoms with van der Waals surface area (Å²) in [5, 5.41) is 23.6. The van der Waals surface area contributed by atoms with E-state index in [4.69, 9.17) is 37.9 Å². The summed E-state index contributed by atoms with van der Waals surface area (Å²) in [5.41, 5.74) is 0.163. The minimum atomic E-state index is -2.46. The molecule has 0 aromatic heterocycles. The lowest BCUT2D eigenvalue weighted by Gasteiger charge is -2.43. The molecule has 1 aliphatic carbocycles. The molecule has 0 radical (unpaired) electrons. The lowest BCUT2D eigenvalue weighted by molar-refractivity contribution is -0.283. The van der Waals surface area contributed by atoms with Crippen LogP contribution in [0.15, 0.2) is 47.6 Å². The smallest absolute Gasteiger partial charge is 0.329 e. The van der Waals surface area contributed by atoms with E-state index in [2.05, 4.69) is 0 Å². The molecule has 76 heavy (non-hydrogen) atoms. The van der Waals surface area contributed by atoms with Gasteiger partial charge in [-0.05, 0) is 128 Å². The normalized spacial score (nSPS) is 37.3. The predicted octanol–water partition coefficient (Wildman–Crippen LogP) is 7.52. The van der Waals surface area contributed by atoms with Crippen molar-refractivity contribution in [3.8, 4) is 0 Å². The van der Waals surface area contributed by atoms with E-state index >= 15 is 0 Å². The lowest BCUT2D eigenvalue weighted by atomic mass is 9.78. The molecule has 2 bridgehead atoms. The fraction of sp³-hybridized carbons (Fsp3) is 0.763. The van der Waals surface area contributed by atoms with Crippen LogP contribution in [0.25, 0.3) is 0 Å². The summed E-state index contributed by atoms with van der Waals surface area (Å²) in [6.07, 6.45) is 10.5. The number of ether oxygens (including phenoxy) is 8. The first-order valence-electron chi connectivity index (χ1n) is 27.8. The van der Waals surface area contributed by atoms with Crippen molar-refractivity contribution in [2.75, 3.05) is 41.1 Å². The number of rotatable bonds is 8. The maximum absolute atomic E-state index is 14.6. The zero-order valence-electron chi connectivity index (χ0n) is 47.7. The maximum atomic E-state index is 14.6. The SMILES string of the molecule is COC1CC2CCC(C)C(O)(O2)C(=O)C(=O)N2CCCCC2C(=O)OC(C(C)CC2CCC(OC(=O)C3(C)COC(C)(C)OC3)C(OC)C2)CC(=O)/C(C)=C/C(C)C(O)C(OC)C(=O)C(C)CC(C)C=CC=CC=C1C. The molecular weight excluding hydrogens is 979 g/mol. The van der Waals surface area contributed by atoms with E-state index in [0.29, 0.717) is 64.2 Å². The lowest BCUT2D eigenvalue weighted by Crippen LogP contribution is -2.61. The third kappa shape index (κ3) is 16.1. The molecule has 0 aromatic carbocycles. The van der Waals surface area contributed by atoms with Crippen LogP contribution in [0.5, 0.6) is 0 Å². The average molecular weight is 1070 g/mol. The van der Waals surface area contributed by atoms with Crippen LogP contribution in [0, 0.1) is 40.9 Å². The Kier molecular flexibility index (Phi) is 23.0. The van der Waals surface area contributed by atoms with Gasteiger partial charge in [0.25, 0.3) is 11.7 Å². The largest absolute Gasteiger partial charge is 0.460 e. The zero-order valence-corrected chi connectivity index (χ0v) is 47.7. The topological polar surface area (TPSA) is 220 Å². The number of amides is 1. The number of aliphatic hydroxyl groups excluding tert-OH is 1. The molecular formula is C59H91NO16. The van der Waals surface area contributed by atoms with Gasteiger partial charge in [0.05, 0.1) is 37.6 Å². The van der Waals surface area contributed by atoms with Gasteiger partial charge in [-0.25, -0.2) is 4.79 Å². The Hall–Kier alpha value is -3.94. The number of piperidine rings is 1. The highest BCUT2D eigenvalue weighted by atomic mass is 16.7. The van der Waals surface area contributed by atoms with Gasteiger partial charge in [0.1, 0.15) is 29.8 Å². The summed E-state index contributed by atoms with van der Waals surface area (Å²) >= 11 is 0. The minimum absolute atomic E-state index is 0.00318. The number of nitrogens with zero attached hydrogens (tertiary/aromatic N) is 1. The highest BCUT2D eigenvalue weighted by Gasteiger charge is 2.53. The minimum Gasteiger partial charge on any atom is -0.460 e. The molecule has 428 valence electrons. The number of Topliss-reactive ketones (excluding diaryl/α,β-unsaturated/α-hetero) is 3. The van der Waals surface area contributed by atoms with Gasteiger partial charge < -0.3 is 53.0 Å². The van der Waals surface area contributed by atoms with Gasteiger partial charge in [-0.1, -0.05) is 71.1 Å². The molecule has 5 aliphatic rings. The van der Waals surface area contributed by atoms with Crippen molar-refractivity contribution in [2.45, 2.75) is 207 Å². The molecule has 17 heteroatoms. The van der Waals surface area contributed by atoms with E-state index in [9.17, 15) is 39.0 Å². The Balaban J connectivity index is 1.43. The first-order valence-corrected chi connectivity index (χ1v) is 27.8. The van der Waals surface area contributed by atoms with E-state index in [1.807, 2.05) is 58.1 Å². The van der Waals surface area contributed by atoms with Crippen molar-refractivity contribution >= 4 is 35.2 Å². The Labute approximate surface area is 451 Å². The first-order chi connectivity index (χ1) is 35.8. The van der Waals surface area contributed by atoms with Crippen LogP contribution in [0.3, 0.4) is 0 Å². The van der Waals surface area contributed by atoms with Gasteiger partial charge in [-0.3, -0.25) is 24.0 Å². The van der Waals surface area contributed by atoms with Crippen LogP contribution in [0.4, 0.5) is 0 Å². The van der Waals surface area contributed by atoms with Crippen molar-refractivity contribution in [3.63, 3.8) is 0 Å². The molecule has 5 rings (SSSR count). The summed E-state index contributed by atoms with van der Waals surface area (Å²) in [5.74, 6) is -9.59. The Morgan fingerprint density at radius 3 is 2.20 bits per heavy atom. The Bertz CT molecular complexity index is 2140. The summed E-state index contributed by atoms with van der Waals surface area (Å²) in [7, 11) is 4.53. The predicted molar refractivity (Wildman–Crippen MR) is 283 cm³/mol. The monoisotopic (exact) mass is 1070 g/mol. The van der Waals surface area contributed by atoms with Gasteiger partial charge in [-0.2, -0.15) is 0 Å². The molecule has 1 saturated carbocycles. The quantitative estimate of drug-likeness (QED) is 0.177. The second-order valence-electron chi connectivity index (χ2n) is 23.5. The van der Waals surface area contributed by atoms with E-state index in [1.54, 1.807) is 61.8 Å². The van der Waals surface area contributed by atoms with Gasteiger partial charge in [0.2, 0.25) is 5.79 Å². The Morgan fingerprint density at radius 1 is 0.842 bits per heavy atom. The molecule has 0 aromatic rings. The van der Waals surface area contributed by atoms with Crippen LogP contribution >= 0.6 is 0 Å². The molecule has 0 spiro atoms. The van der Waals surface area contributed by atoms with Gasteiger partial charge in [0.15, 0.2) is 17.4 Å². The standard InChI is InChI=1S/C59H91NO16/c1-35-19-15-14-16-20-36(2)47(69-11)31-43-24-22-41(7)59(68,76-43)53(64)54(65)60-26-18-17-21-44(60)55(66)74-48(32-45(61)37(3)28-40(6)51(63)52(71-13)50(62)39(5)27-35)38(4)29-42-23-25-46(49(30-42)70-12)75-56(67)58(10)33-72-57(8,9)73-34-58/h14-16,19-20,28,35,38-44,46-49,51-52,63,68H,17-18,21-27,29-34H2,1-13H3/b16-14?,19-15?,36-20?,37-28+. The fourth-order valence-corrected chi connectivity index (χ4v) is 11.4. The van der Waals surface area contributed by atoms with Crippen LogP contribution in [-0.4, -0.2) is 152 Å². The molecule has 2 N–H and O–H groups in total. The zero-order chi connectivity index (χ0) is 56.3. The maximum Gasteiger partial charge on any atom is 0.329 e. The average Bonchev–Trinajstić information content (AvgIpc) is 3.39. The molecule has 1 amide bonds. The third-order valence-corrected chi connectivity index (χ3v) is 16.7. The molecule has 15 atom stereocenters. The summed E-state index contributed by atoms with van der Waals surface area (Å²) < 4.78 is 47.6. The van der Waals surface area contributed by atoms with Crippen LogP contribution < -0.4 is 0 Å². The van der Waals surface area contributed by atoms with E-state index < -0.39 is 113 Å². The van der Waals surface area contributed by atoms with Gasteiger partial charge in [-0.15, -0.1) is 0 Å². The number of hydrogen-bond acceptors (Lipinski definition) is 16. The van der Waals surface area contributed by atoms with Crippen molar-refractivity contribution in [2.24, 2.45) is 40.9 Å². The number of hydrogen-bond donors (Lipinski definition) is 2. The highest BCUT2D eigenvalue weighted by Crippen LogP contribution is 2.39. The van der Waals surface area contributed by atoms with E-state index in [0.717, 1.165) is 5.57 Å². The third-order valence-electron chi connectivity index (χ3n) is 16.7. The number of carbonyl (C=O) groups is 6. The van der Waals surface area contributed by atoms with Crippen molar-refractivity contribution in [1.82, 2.24) is 4.90 Å². The van der Waals surface area contributed by atoms with Crippen LogP contribution in [-0.2, 0) is 66.7 Å². The number of aliphatic hydroxyl groups is 2. The number of ketones is 3. The summed E-state index contributed by atoms with van der Waals surface area (Å²) in [6.45, 7) is 18.3. The highest BCUT2D eigenvalue weighted by molar-refractivity contribution is 6.39. The van der Waals surface area contributed by atoms with Gasteiger partial charge in [0, 0.05) is 58.5 Å². The summed E-state index contributed by atoms with van der Waals surface area (Å²) in [4.78, 5) is 86.3. The van der Waals surface area contributed by atoms with Crippen molar-refractivity contribution < 1.29 is 76.9 Å². The number of carbonyl (C=O) groups excluding carboxylic acids is 6. The van der Waals surface area contributed by atoms with Crippen molar-refractivity contribution in [1.29, 1.82) is 0 Å². The van der Waals surface area contributed by atoms with E-state index in [-0.39, 0.29) is 61.6 Å². The second kappa shape index (κ2) is 27.8. The second-order valence-corrected chi connectivity index (χ2v) is 23.5. The molecule has 17 nitrogen and oxygen atoms in total. The molecule has 15 unspecified atom stereocenters. The fourth-order valence-electron chi connectivity index (χ4n) is 11.4. The molecule has 4 fully saturated rings. The molecule has 3 saturated heterocycles. The van der Waals surface area contributed by atoms with Crippen LogP contribution in [0.2, 0.25) is 0 Å². The molecule has 4 heterocycles. The van der Waals surface area contributed by atoms with Gasteiger partial charge >= 0.3 is 11.9 Å². The number of cyclic esters (lactones) is 1. The van der Waals surface area contributed by atoms with Crippen LogP contribution in [0.1, 0.15) is 146 Å². The first kappa shape index (κ1) is 62.9. The molecule has 4 aliphatic heterocycles. The number of methoxy groups -OCH3 is 3.